The lowest BCUT2D eigenvalue weighted by Gasteiger charge is -2.22. The smallest absolute Gasteiger partial charge is 0.0390 e. The third-order valence-electron chi connectivity index (χ3n) is 3.88. The van der Waals surface area contributed by atoms with Crippen molar-refractivity contribution in [2.45, 2.75) is 25.7 Å². The second-order valence-electron chi connectivity index (χ2n) is 5.12. The Kier molecular flexibility index (Phi) is 3.37. The number of anilines is 1. The first kappa shape index (κ1) is 12.0. The van der Waals surface area contributed by atoms with Crippen LogP contribution in [0.25, 0.3) is 11.1 Å². The van der Waals surface area contributed by atoms with E-state index in [0.29, 0.717) is 0 Å². The minimum Gasteiger partial charge on any atom is -0.398 e. The average Bonchev–Trinajstić information content (AvgIpc) is 2.49. The highest BCUT2D eigenvalue weighted by Crippen LogP contribution is 2.39. The SMILES string of the molecule is Nc1ccccc1C1=C(c2ccccc2)CCCC1. The Morgan fingerprint density at radius 2 is 1.32 bits per heavy atom. The number of allylic oxidation sites excluding steroid dienone is 2. The molecule has 0 aliphatic heterocycles. The van der Waals surface area contributed by atoms with Crippen LogP contribution in [-0.4, -0.2) is 0 Å². The zero-order valence-electron chi connectivity index (χ0n) is 11.1. The van der Waals surface area contributed by atoms with E-state index < -0.39 is 0 Å². The lowest BCUT2D eigenvalue weighted by atomic mass is 9.83. The summed E-state index contributed by atoms with van der Waals surface area (Å²) in [5.74, 6) is 0. The van der Waals surface area contributed by atoms with E-state index in [-0.39, 0.29) is 0 Å². The molecule has 0 atom stereocenters. The molecule has 1 heteroatoms. The Hall–Kier alpha value is -2.02. The van der Waals surface area contributed by atoms with E-state index in [9.17, 15) is 0 Å². The second kappa shape index (κ2) is 5.31. The van der Waals surface area contributed by atoms with Crippen LogP contribution in [0.5, 0.6) is 0 Å². The number of benzene rings is 2. The van der Waals surface area contributed by atoms with Crippen LogP contribution in [0.3, 0.4) is 0 Å². The summed E-state index contributed by atoms with van der Waals surface area (Å²) >= 11 is 0. The van der Waals surface area contributed by atoms with Crippen LogP contribution in [0.15, 0.2) is 54.6 Å². The molecule has 0 saturated carbocycles. The number of nitrogen functional groups attached to an aromatic ring is 1. The van der Waals surface area contributed by atoms with Gasteiger partial charge in [-0.1, -0.05) is 48.5 Å². The molecule has 2 N–H and O–H groups in total. The molecular weight excluding hydrogens is 230 g/mol. The average molecular weight is 249 g/mol. The van der Waals surface area contributed by atoms with Gasteiger partial charge in [-0.15, -0.1) is 0 Å². The molecule has 0 fully saturated rings. The first-order chi connectivity index (χ1) is 9.36. The third kappa shape index (κ3) is 2.41. The van der Waals surface area contributed by atoms with Crippen molar-refractivity contribution in [3.63, 3.8) is 0 Å². The predicted octanol–water partition coefficient (Wildman–Crippen LogP) is 4.75. The molecule has 1 aliphatic rings. The second-order valence-corrected chi connectivity index (χ2v) is 5.12. The molecule has 0 unspecified atom stereocenters. The van der Waals surface area contributed by atoms with Gasteiger partial charge in [0.2, 0.25) is 0 Å². The van der Waals surface area contributed by atoms with Crippen molar-refractivity contribution in [1.82, 2.24) is 0 Å². The number of para-hydroxylation sites is 1. The van der Waals surface area contributed by atoms with Crippen molar-refractivity contribution in [1.29, 1.82) is 0 Å². The van der Waals surface area contributed by atoms with Gasteiger partial charge in [0.25, 0.3) is 0 Å². The van der Waals surface area contributed by atoms with Crippen molar-refractivity contribution in [2.75, 3.05) is 5.73 Å². The van der Waals surface area contributed by atoms with E-state index in [2.05, 4.69) is 42.5 Å². The highest BCUT2D eigenvalue weighted by atomic mass is 14.6. The van der Waals surface area contributed by atoms with Crippen LogP contribution >= 0.6 is 0 Å². The zero-order valence-corrected chi connectivity index (χ0v) is 11.1. The number of hydrogen-bond donors (Lipinski definition) is 1. The molecular formula is C18H19N. The van der Waals surface area contributed by atoms with Gasteiger partial charge in [-0.2, -0.15) is 0 Å². The molecule has 0 saturated heterocycles. The van der Waals surface area contributed by atoms with E-state index in [4.69, 9.17) is 5.73 Å². The molecule has 0 aromatic heterocycles. The van der Waals surface area contributed by atoms with Gasteiger partial charge in [0, 0.05) is 11.3 Å². The maximum atomic E-state index is 6.16. The molecule has 96 valence electrons. The molecule has 0 amide bonds. The Morgan fingerprint density at radius 3 is 2.05 bits per heavy atom. The summed E-state index contributed by atoms with van der Waals surface area (Å²) < 4.78 is 0. The lowest BCUT2D eigenvalue weighted by Crippen LogP contribution is -2.02. The fourth-order valence-corrected chi connectivity index (χ4v) is 2.93. The van der Waals surface area contributed by atoms with E-state index in [1.165, 1.54) is 35.1 Å². The minimum absolute atomic E-state index is 0.896. The van der Waals surface area contributed by atoms with Crippen LogP contribution in [0, 0.1) is 0 Å². The third-order valence-corrected chi connectivity index (χ3v) is 3.88. The quantitative estimate of drug-likeness (QED) is 0.763. The summed E-state index contributed by atoms with van der Waals surface area (Å²) in [5, 5.41) is 0. The Bertz CT molecular complexity index is 596. The Morgan fingerprint density at radius 1 is 0.684 bits per heavy atom. The molecule has 0 spiro atoms. The fraction of sp³-hybridized carbons (Fsp3) is 0.222. The maximum Gasteiger partial charge on any atom is 0.0390 e. The fourth-order valence-electron chi connectivity index (χ4n) is 2.93. The lowest BCUT2D eigenvalue weighted by molar-refractivity contribution is 0.753. The monoisotopic (exact) mass is 249 g/mol. The van der Waals surface area contributed by atoms with E-state index in [1.54, 1.807) is 0 Å². The molecule has 3 rings (SSSR count). The summed E-state index contributed by atoms with van der Waals surface area (Å²) in [7, 11) is 0. The van der Waals surface area contributed by atoms with Crippen LogP contribution < -0.4 is 5.73 Å². The Balaban J connectivity index is 2.14. The standard InChI is InChI=1S/C18H19N/c19-18-13-7-6-12-17(18)16-11-5-4-10-15(16)14-8-2-1-3-9-14/h1-3,6-9,12-13H,4-5,10-11,19H2. The summed E-state index contributed by atoms with van der Waals surface area (Å²) in [4.78, 5) is 0. The molecule has 19 heavy (non-hydrogen) atoms. The number of hydrogen-bond acceptors (Lipinski definition) is 1. The van der Waals surface area contributed by atoms with Gasteiger partial charge in [-0.3, -0.25) is 0 Å². The number of rotatable bonds is 2. The molecule has 2 aromatic rings. The van der Waals surface area contributed by atoms with Crippen LogP contribution in [0.1, 0.15) is 36.8 Å². The largest absolute Gasteiger partial charge is 0.398 e. The van der Waals surface area contributed by atoms with Gasteiger partial charge in [0.05, 0.1) is 0 Å². The topological polar surface area (TPSA) is 26.0 Å². The first-order valence-corrected chi connectivity index (χ1v) is 6.98. The maximum absolute atomic E-state index is 6.16. The van der Waals surface area contributed by atoms with Crippen LogP contribution in [-0.2, 0) is 0 Å². The van der Waals surface area contributed by atoms with Gasteiger partial charge in [-0.05, 0) is 48.5 Å². The number of nitrogens with two attached hydrogens (primary N) is 1. The Labute approximate surface area is 114 Å². The summed E-state index contributed by atoms with van der Waals surface area (Å²) in [6.07, 6.45) is 4.84. The predicted molar refractivity (Wildman–Crippen MR) is 82.6 cm³/mol. The van der Waals surface area contributed by atoms with Crippen molar-refractivity contribution in [3.05, 3.63) is 65.7 Å². The van der Waals surface area contributed by atoms with Crippen molar-refractivity contribution < 1.29 is 0 Å². The van der Waals surface area contributed by atoms with Crippen molar-refractivity contribution in [3.8, 4) is 0 Å². The van der Waals surface area contributed by atoms with E-state index >= 15 is 0 Å². The van der Waals surface area contributed by atoms with Gasteiger partial charge < -0.3 is 5.73 Å². The van der Waals surface area contributed by atoms with Gasteiger partial charge in [0.15, 0.2) is 0 Å². The molecule has 0 radical (unpaired) electrons. The van der Waals surface area contributed by atoms with Crippen molar-refractivity contribution in [2.24, 2.45) is 0 Å². The van der Waals surface area contributed by atoms with Crippen molar-refractivity contribution >= 4 is 16.8 Å². The van der Waals surface area contributed by atoms with Gasteiger partial charge >= 0.3 is 0 Å². The molecule has 1 aliphatic carbocycles. The summed E-state index contributed by atoms with van der Waals surface area (Å²) in [6, 6.07) is 19.0. The van der Waals surface area contributed by atoms with E-state index in [1.807, 2.05) is 12.1 Å². The van der Waals surface area contributed by atoms with E-state index in [0.717, 1.165) is 18.5 Å². The minimum atomic E-state index is 0.896. The van der Waals surface area contributed by atoms with Crippen LogP contribution in [0.2, 0.25) is 0 Å². The van der Waals surface area contributed by atoms with Gasteiger partial charge in [0.1, 0.15) is 0 Å². The molecule has 0 heterocycles. The highest BCUT2D eigenvalue weighted by Gasteiger charge is 2.16. The summed E-state index contributed by atoms with van der Waals surface area (Å²) in [5.41, 5.74) is 12.5. The van der Waals surface area contributed by atoms with Crippen LogP contribution in [0.4, 0.5) is 5.69 Å². The molecule has 2 aromatic carbocycles. The van der Waals surface area contributed by atoms with Gasteiger partial charge in [-0.25, -0.2) is 0 Å². The molecule has 0 bridgehead atoms. The molecule has 1 nitrogen and oxygen atoms in total. The normalized spacial score (nSPS) is 15.6. The first-order valence-electron chi connectivity index (χ1n) is 6.98. The summed E-state index contributed by atoms with van der Waals surface area (Å²) in [6.45, 7) is 0. The zero-order chi connectivity index (χ0) is 13.1. The highest BCUT2D eigenvalue weighted by molar-refractivity contribution is 5.94.